The first kappa shape index (κ1) is 20.9. The summed E-state index contributed by atoms with van der Waals surface area (Å²) in [4.78, 5) is 16.6. The number of hydrogen-bond acceptors (Lipinski definition) is 5. The highest BCUT2D eigenvalue weighted by Gasteiger charge is 2.12. The lowest BCUT2D eigenvalue weighted by atomic mass is 10.2. The molecule has 27 heavy (non-hydrogen) atoms. The highest BCUT2D eigenvalue weighted by molar-refractivity contribution is 7.90. The minimum absolute atomic E-state index is 0.174. The van der Waals surface area contributed by atoms with Crippen LogP contribution in [-0.4, -0.2) is 52.7 Å². The van der Waals surface area contributed by atoms with Gasteiger partial charge in [-0.2, -0.15) is 0 Å². The van der Waals surface area contributed by atoms with Crippen LogP contribution in [0.25, 0.3) is 0 Å². The second kappa shape index (κ2) is 9.01. The van der Waals surface area contributed by atoms with Crippen LogP contribution in [0.3, 0.4) is 0 Å². The van der Waals surface area contributed by atoms with Crippen molar-refractivity contribution in [2.45, 2.75) is 18.4 Å². The standard InChI is InChI=1S/C20H27N3O3S/c1-5-23(14-16-9-11-18(12-10-16)22(2)3)15-20(24)21-17-7-6-8-19(13-17)27(4,25)26/h6-13H,5,14-15H2,1-4H3,(H,21,24). The maximum Gasteiger partial charge on any atom is 0.238 e. The van der Waals surface area contributed by atoms with Gasteiger partial charge >= 0.3 is 0 Å². The van der Waals surface area contributed by atoms with Crippen molar-refractivity contribution >= 4 is 27.1 Å². The molecule has 0 atom stereocenters. The molecule has 146 valence electrons. The molecule has 0 saturated heterocycles. The molecule has 0 saturated carbocycles. The Kier molecular flexibility index (Phi) is 6.98. The van der Waals surface area contributed by atoms with Crippen LogP contribution in [0.2, 0.25) is 0 Å². The zero-order valence-electron chi connectivity index (χ0n) is 16.3. The molecular weight excluding hydrogens is 362 g/mol. The van der Waals surface area contributed by atoms with Gasteiger partial charge in [-0.25, -0.2) is 8.42 Å². The smallest absolute Gasteiger partial charge is 0.238 e. The Morgan fingerprint density at radius 2 is 1.74 bits per heavy atom. The van der Waals surface area contributed by atoms with Crippen LogP contribution in [0.1, 0.15) is 12.5 Å². The largest absolute Gasteiger partial charge is 0.378 e. The molecule has 0 radical (unpaired) electrons. The van der Waals surface area contributed by atoms with Crippen molar-refractivity contribution in [3.8, 4) is 0 Å². The van der Waals surface area contributed by atoms with Gasteiger partial charge in [0.2, 0.25) is 5.91 Å². The van der Waals surface area contributed by atoms with Crippen LogP contribution >= 0.6 is 0 Å². The Labute approximate surface area is 161 Å². The van der Waals surface area contributed by atoms with Crippen molar-refractivity contribution in [1.82, 2.24) is 4.90 Å². The summed E-state index contributed by atoms with van der Waals surface area (Å²) in [5.41, 5.74) is 2.74. The number of nitrogens with one attached hydrogen (secondary N) is 1. The van der Waals surface area contributed by atoms with Gasteiger partial charge in [-0.1, -0.05) is 25.1 Å². The molecule has 2 aromatic carbocycles. The second-order valence-electron chi connectivity index (χ2n) is 6.71. The first-order valence-electron chi connectivity index (χ1n) is 8.77. The lowest BCUT2D eigenvalue weighted by Gasteiger charge is -2.20. The number of carbonyl (C=O) groups excluding carboxylic acids is 1. The summed E-state index contributed by atoms with van der Waals surface area (Å²) in [7, 11) is 0.689. The summed E-state index contributed by atoms with van der Waals surface area (Å²) in [5, 5.41) is 2.78. The topological polar surface area (TPSA) is 69.7 Å². The van der Waals surface area contributed by atoms with Gasteiger partial charge < -0.3 is 10.2 Å². The predicted molar refractivity (Wildman–Crippen MR) is 110 cm³/mol. The first-order valence-corrected chi connectivity index (χ1v) is 10.7. The van der Waals surface area contributed by atoms with Crippen LogP contribution in [0.5, 0.6) is 0 Å². The highest BCUT2D eigenvalue weighted by atomic mass is 32.2. The molecule has 2 aromatic rings. The van der Waals surface area contributed by atoms with Crippen LogP contribution in [0.15, 0.2) is 53.4 Å². The summed E-state index contributed by atoms with van der Waals surface area (Å²) in [6.07, 6.45) is 1.15. The number of likely N-dealkylation sites (N-methyl/N-ethyl adjacent to an activating group) is 1. The lowest BCUT2D eigenvalue weighted by Crippen LogP contribution is -2.32. The molecule has 0 spiro atoms. The number of nitrogens with zero attached hydrogens (tertiary/aromatic N) is 2. The Hall–Kier alpha value is -2.38. The van der Waals surface area contributed by atoms with Crippen molar-refractivity contribution in [3.63, 3.8) is 0 Å². The Morgan fingerprint density at radius 3 is 2.30 bits per heavy atom. The van der Waals surface area contributed by atoms with E-state index in [2.05, 4.69) is 29.6 Å². The molecule has 0 fully saturated rings. The van der Waals surface area contributed by atoms with E-state index < -0.39 is 9.84 Å². The van der Waals surface area contributed by atoms with Crippen molar-refractivity contribution in [2.75, 3.05) is 43.7 Å². The molecule has 6 nitrogen and oxygen atoms in total. The monoisotopic (exact) mass is 389 g/mol. The molecule has 7 heteroatoms. The van der Waals surface area contributed by atoms with Gasteiger partial charge in [0.1, 0.15) is 0 Å². The maximum atomic E-state index is 12.4. The van der Waals surface area contributed by atoms with Crippen molar-refractivity contribution in [3.05, 3.63) is 54.1 Å². The van der Waals surface area contributed by atoms with Gasteiger partial charge in [0.25, 0.3) is 0 Å². The number of sulfone groups is 1. The number of amides is 1. The SMILES string of the molecule is CCN(CC(=O)Nc1cccc(S(C)(=O)=O)c1)Cc1ccc(N(C)C)cc1. The predicted octanol–water partition coefficient (Wildman–Crippen LogP) is 2.62. The average molecular weight is 390 g/mol. The van der Waals surface area contributed by atoms with Crippen molar-refractivity contribution in [1.29, 1.82) is 0 Å². The minimum atomic E-state index is -3.30. The van der Waals surface area contributed by atoms with Gasteiger partial charge in [-0.15, -0.1) is 0 Å². The van der Waals surface area contributed by atoms with Crippen molar-refractivity contribution < 1.29 is 13.2 Å². The van der Waals surface area contributed by atoms with E-state index in [9.17, 15) is 13.2 Å². The number of carbonyl (C=O) groups is 1. The van der Waals surface area contributed by atoms with E-state index in [1.807, 2.05) is 30.8 Å². The highest BCUT2D eigenvalue weighted by Crippen LogP contribution is 2.16. The van der Waals surface area contributed by atoms with E-state index in [0.717, 1.165) is 24.1 Å². The van der Waals surface area contributed by atoms with E-state index in [4.69, 9.17) is 0 Å². The zero-order valence-corrected chi connectivity index (χ0v) is 17.1. The average Bonchev–Trinajstić information content (AvgIpc) is 2.61. The van der Waals surface area contributed by atoms with E-state index in [-0.39, 0.29) is 17.3 Å². The van der Waals surface area contributed by atoms with Gasteiger partial charge in [0.15, 0.2) is 9.84 Å². The molecule has 0 heterocycles. The third-order valence-corrected chi connectivity index (χ3v) is 5.33. The fourth-order valence-electron chi connectivity index (χ4n) is 2.65. The van der Waals surface area contributed by atoms with Crippen LogP contribution in [0.4, 0.5) is 11.4 Å². The third-order valence-electron chi connectivity index (χ3n) is 4.22. The zero-order chi connectivity index (χ0) is 20.0. The van der Waals surface area contributed by atoms with E-state index >= 15 is 0 Å². The summed E-state index contributed by atoms with van der Waals surface area (Å²) in [6, 6.07) is 14.5. The Bertz CT molecular complexity index is 878. The second-order valence-corrected chi connectivity index (χ2v) is 8.73. The molecule has 0 aliphatic carbocycles. The summed E-state index contributed by atoms with van der Waals surface area (Å²) >= 11 is 0. The summed E-state index contributed by atoms with van der Waals surface area (Å²) < 4.78 is 23.3. The maximum absolute atomic E-state index is 12.4. The normalized spacial score (nSPS) is 11.4. The molecular formula is C20H27N3O3S. The van der Waals surface area contributed by atoms with Crippen LogP contribution in [-0.2, 0) is 21.2 Å². The first-order chi connectivity index (χ1) is 12.7. The molecule has 0 aliphatic heterocycles. The lowest BCUT2D eigenvalue weighted by molar-refractivity contribution is -0.117. The van der Waals surface area contributed by atoms with E-state index in [0.29, 0.717) is 12.2 Å². The fourth-order valence-corrected chi connectivity index (χ4v) is 3.31. The van der Waals surface area contributed by atoms with Gasteiger partial charge in [-0.3, -0.25) is 9.69 Å². The molecule has 2 rings (SSSR count). The molecule has 0 aliphatic rings. The Morgan fingerprint density at radius 1 is 1.07 bits per heavy atom. The molecule has 0 unspecified atom stereocenters. The minimum Gasteiger partial charge on any atom is -0.378 e. The third kappa shape index (κ3) is 6.37. The number of benzene rings is 2. The van der Waals surface area contributed by atoms with E-state index in [1.54, 1.807) is 12.1 Å². The number of rotatable bonds is 8. The molecule has 0 bridgehead atoms. The van der Waals surface area contributed by atoms with Gasteiger partial charge in [0, 0.05) is 38.3 Å². The van der Waals surface area contributed by atoms with Crippen LogP contribution < -0.4 is 10.2 Å². The van der Waals surface area contributed by atoms with Crippen molar-refractivity contribution in [2.24, 2.45) is 0 Å². The van der Waals surface area contributed by atoms with Crippen LogP contribution in [0, 0.1) is 0 Å². The Balaban J connectivity index is 1.98. The molecule has 0 aromatic heterocycles. The quantitative estimate of drug-likeness (QED) is 0.752. The van der Waals surface area contributed by atoms with Gasteiger partial charge in [0.05, 0.1) is 11.4 Å². The van der Waals surface area contributed by atoms with E-state index in [1.165, 1.54) is 12.1 Å². The number of anilines is 2. The summed E-state index contributed by atoms with van der Waals surface area (Å²) in [5.74, 6) is -0.174. The summed E-state index contributed by atoms with van der Waals surface area (Å²) in [6.45, 7) is 3.63. The fraction of sp³-hybridized carbons (Fsp3) is 0.350. The molecule has 1 amide bonds. The van der Waals surface area contributed by atoms with Gasteiger partial charge in [-0.05, 0) is 42.4 Å². The number of hydrogen-bond donors (Lipinski definition) is 1. The molecule has 1 N–H and O–H groups in total.